The van der Waals surface area contributed by atoms with Gasteiger partial charge in [0.2, 0.25) is 0 Å². The summed E-state index contributed by atoms with van der Waals surface area (Å²) in [6, 6.07) is 0. The maximum Gasteiger partial charge on any atom is 0.0622 e. The van der Waals surface area contributed by atoms with Crippen molar-refractivity contribution in [2.24, 2.45) is 5.92 Å². The zero-order chi connectivity index (χ0) is 14.6. The van der Waals surface area contributed by atoms with Crippen molar-refractivity contribution >= 4 is 0 Å². The summed E-state index contributed by atoms with van der Waals surface area (Å²) in [5, 5.41) is 10.2. The fraction of sp³-hybridized carbons (Fsp3) is 1.00. The Morgan fingerprint density at radius 2 is 1.21 bits per heavy atom. The Morgan fingerprint density at radius 1 is 0.789 bits per heavy atom. The third-order valence-electron chi connectivity index (χ3n) is 3.92. The third-order valence-corrected chi connectivity index (χ3v) is 3.92. The van der Waals surface area contributed by atoms with Crippen molar-refractivity contribution in [2.75, 3.05) is 0 Å². The average molecular weight is 271 g/mol. The van der Waals surface area contributed by atoms with E-state index in [9.17, 15) is 5.11 Å². The molecule has 116 valence electrons. The summed E-state index contributed by atoms with van der Waals surface area (Å²) in [6.07, 6.45) is 15.6. The van der Waals surface area contributed by atoms with Crippen molar-refractivity contribution < 1.29 is 5.11 Å². The second-order valence-electron chi connectivity index (χ2n) is 7.03. The molecule has 0 amide bonds. The van der Waals surface area contributed by atoms with E-state index in [-0.39, 0.29) is 0 Å². The molecule has 0 aromatic carbocycles. The molecule has 0 aliphatic rings. The molecule has 1 atom stereocenters. The van der Waals surface area contributed by atoms with E-state index in [1.165, 1.54) is 64.2 Å². The van der Waals surface area contributed by atoms with Crippen LogP contribution in [-0.4, -0.2) is 10.7 Å². The van der Waals surface area contributed by atoms with Crippen LogP contribution in [-0.2, 0) is 0 Å². The van der Waals surface area contributed by atoms with E-state index >= 15 is 0 Å². The number of aliphatic hydroxyl groups is 1. The Balaban J connectivity index is 3.26. The first-order chi connectivity index (χ1) is 8.98. The van der Waals surface area contributed by atoms with Gasteiger partial charge in [0.1, 0.15) is 0 Å². The summed E-state index contributed by atoms with van der Waals surface area (Å²) >= 11 is 0. The van der Waals surface area contributed by atoms with E-state index in [1.54, 1.807) is 0 Å². The van der Waals surface area contributed by atoms with E-state index in [2.05, 4.69) is 20.8 Å². The molecule has 0 saturated carbocycles. The van der Waals surface area contributed by atoms with Crippen LogP contribution >= 0.6 is 0 Å². The Labute approximate surface area is 122 Å². The minimum absolute atomic E-state index is 0.436. The van der Waals surface area contributed by atoms with Gasteiger partial charge in [-0.05, 0) is 25.7 Å². The van der Waals surface area contributed by atoms with Gasteiger partial charge in [-0.15, -0.1) is 0 Å². The molecule has 0 aromatic heterocycles. The lowest BCUT2D eigenvalue weighted by molar-refractivity contribution is 0.0274. The number of unbranched alkanes of at least 4 members (excludes halogenated alkanes) is 9. The highest BCUT2D eigenvalue weighted by Gasteiger charge is 2.20. The van der Waals surface area contributed by atoms with Gasteiger partial charge in [0, 0.05) is 0 Å². The van der Waals surface area contributed by atoms with Gasteiger partial charge in [-0.3, -0.25) is 0 Å². The van der Waals surface area contributed by atoms with Gasteiger partial charge in [0.15, 0.2) is 0 Å². The van der Waals surface area contributed by atoms with Crippen molar-refractivity contribution in [1.82, 2.24) is 0 Å². The van der Waals surface area contributed by atoms with Crippen molar-refractivity contribution in [2.45, 2.75) is 110 Å². The molecule has 19 heavy (non-hydrogen) atoms. The summed E-state index contributed by atoms with van der Waals surface area (Å²) in [6.45, 7) is 8.65. The number of hydrogen-bond donors (Lipinski definition) is 1. The van der Waals surface area contributed by atoms with E-state index in [4.69, 9.17) is 0 Å². The summed E-state index contributed by atoms with van der Waals surface area (Å²) < 4.78 is 0. The highest BCUT2D eigenvalue weighted by molar-refractivity contribution is 4.73. The lowest BCUT2D eigenvalue weighted by Gasteiger charge is -2.25. The molecule has 0 spiro atoms. The van der Waals surface area contributed by atoms with Crippen LogP contribution in [0.5, 0.6) is 0 Å². The standard InChI is InChI=1S/C18H38O/c1-5-6-7-8-9-10-11-12-13-14-15-18(4,19)16-17(2)3/h17,19H,5-16H2,1-4H3. The highest BCUT2D eigenvalue weighted by atomic mass is 16.3. The largest absolute Gasteiger partial charge is 0.390 e. The molecular weight excluding hydrogens is 232 g/mol. The summed E-state index contributed by atoms with van der Waals surface area (Å²) in [4.78, 5) is 0. The molecule has 0 saturated heterocycles. The first kappa shape index (κ1) is 19.0. The van der Waals surface area contributed by atoms with Crippen LogP contribution in [0.3, 0.4) is 0 Å². The lowest BCUT2D eigenvalue weighted by Crippen LogP contribution is -2.25. The monoisotopic (exact) mass is 270 g/mol. The molecule has 1 N–H and O–H groups in total. The smallest absolute Gasteiger partial charge is 0.0622 e. The Kier molecular flexibility index (Phi) is 11.7. The molecule has 0 rings (SSSR count). The van der Waals surface area contributed by atoms with Crippen LogP contribution in [0.15, 0.2) is 0 Å². The van der Waals surface area contributed by atoms with Gasteiger partial charge >= 0.3 is 0 Å². The summed E-state index contributed by atoms with van der Waals surface area (Å²) in [5.74, 6) is 0.595. The summed E-state index contributed by atoms with van der Waals surface area (Å²) in [5.41, 5.74) is -0.436. The Bertz CT molecular complexity index is 184. The maximum atomic E-state index is 10.2. The third kappa shape index (κ3) is 14.2. The predicted molar refractivity (Wildman–Crippen MR) is 86.5 cm³/mol. The first-order valence-electron chi connectivity index (χ1n) is 8.70. The molecule has 0 bridgehead atoms. The average Bonchev–Trinajstić information content (AvgIpc) is 2.30. The van der Waals surface area contributed by atoms with Crippen LogP contribution in [0, 0.1) is 5.92 Å². The topological polar surface area (TPSA) is 20.2 Å². The van der Waals surface area contributed by atoms with Crippen molar-refractivity contribution in [1.29, 1.82) is 0 Å². The van der Waals surface area contributed by atoms with Gasteiger partial charge < -0.3 is 5.11 Å². The normalized spacial score (nSPS) is 14.8. The minimum atomic E-state index is -0.436. The van der Waals surface area contributed by atoms with Crippen LogP contribution in [0.2, 0.25) is 0 Å². The van der Waals surface area contributed by atoms with E-state index in [0.29, 0.717) is 5.92 Å². The van der Waals surface area contributed by atoms with Crippen molar-refractivity contribution in [3.63, 3.8) is 0 Å². The molecule has 0 radical (unpaired) electrons. The van der Waals surface area contributed by atoms with Crippen LogP contribution in [0.1, 0.15) is 105 Å². The van der Waals surface area contributed by atoms with Crippen molar-refractivity contribution in [3.8, 4) is 0 Å². The second-order valence-corrected chi connectivity index (χ2v) is 7.03. The van der Waals surface area contributed by atoms with Gasteiger partial charge in [0.25, 0.3) is 0 Å². The van der Waals surface area contributed by atoms with E-state index in [0.717, 1.165) is 12.8 Å². The van der Waals surface area contributed by atoms with Gasteiger partial charge in [-0.25, -0.2) is 0 Å². The molecule has 0 aromatic rings. The molecule has 1 unspecified atom stereocenters. The number of rotatable bonds is 13. The van der Waals surface area contributed by atoms with Gasteiger partial charge in [0.05, 0.1) is 5.60 Å². The van der Waals surface area contributed by atoms with Gasteiger partial charge in [-0.1, -0.05) is 85.0 Å². The second kappa shape index (κ2) is 11.8. The zero-order valence-corrected chi connectivity index (χ0v) is 14.0. The Morgan fingerprint density at radius 3 is 1.63 bits per heavy atom. The number of hydrogen-bond acceptors (Lipinski definition) is 1. The van der Waals surface area contributed by atoms with Crippen LogP contribution in [0.4, 0.5) is 0 Å². The lowest BCUT2D eigenvalue weighted by atomic mass is 9.89. The molecule has 1 nitrogen and oxygen atoms in total. The van der Waals surface area contributed by atoms with E-state index < -0.39 is 5.60 Å². The highest BCUT2D eigenvalue weighted by Crippen LogP contribution is 2.23. The zero-order valence-electron chi connectivity index (χ0n) is 14.0. The molecule has 0 aliphatic heterocycles. The SMILES string of the molecule is CCCCCCCCCCCCC(C)(O)CC(C)C. The quantitative estimate of drug-likeness (QED) is 0.401. The molecule has 0 fully saturated rings. The minimum Gasteiger partial charge on any atom is -0.390 e. The van der Waals surface area contributed by atoms with Gasteiger partial charge in [-0.2, -0.15) is 0 Å². The fourth-order valence-electron chi connectivity index (χ4n) is 2.97. The molecule has 0 heterocycles. The molecule has 1 heteroatoms. The fourth-order valence-corrected chi connectivity index (χ4v) is 2.97. The summed E-state index contributed by atoms with van der Waals surface area (Å²) in [7, 11) is 0. The Hall–Kier alpha value is -0.0400. The van der Waals surface area contributed by atoms with E-state index in [1.807, 2.05) is 6.92 Å². The predicted octanol–water partition coefficient (Wildman–Crippen LogP) is 6.09. The van der Waals surface area contributed by atoms with Crippen molar-refractivity contribution in [3.05, 3.63) is 0 Å². The molecule has 0 aliphatic carbocycles. The maximum absolute atomic E-state index is 10.2. The first-order valence-corrected chi connectivity index (χ1v) is 8.70. The van der Waals surface area contributed by atoms with Crippen LogP contribution in [0.25, 0.3) is 0 Å². The van der Waals surface area contributed by atoms with Crippen LogP contribution < -0.4 is 0 Å². The molecular formula is C18H38O.